The van der Waals surface area contributed by atoms with Gasteiger partial charge in [-0.3, -0.25) is 0 Å². The molecule has 0 saturated heterocycles. The number of hydrogen-bond acceptors (Lipinski definition) is 0. The van der Waals surface area contributed by atoms with E-state index in [0.717, 1.165) is 0 Å². The first-order valence-corrected chi connectivity index (χ1v) is 6.17. The quantitative estimate of drug-likeness (QED) is 0.651. The second-order valence-corrected chi connectivity index (χ2v) is 5.21. The molecule has 1 heteroatoms. The molecule has 0 aromatic carbocycles. The first kappa shape index (κ1) is 10.7. The third-order valence-corrected chi connectivity index (χ3v) is 3.44. The Kier molecular flexibility index (Phi) is 2.81. The number of hydrogen-bond donors (Lipinski definition) is 0. The smallest absolute Gasteiger partial charge is 0.185 e. The summed E-state index contributed by atoms with van der Waals surface area (Å²) in [5.74, 6) is 0.665. The molecule has 0 unspecified atom stereocenters. The Morgan fingerprint density at radius 2 is 1.87 bits per heavy atom. The summed E-state index contributed by atoms with van der Waals surface area (Å²) in [6.07, 6.45) is 6.18. The van der Waals surface area contributed by atoms with E-state index in [1.165, 1.54) is 19.3 Å². The van der Waals surface area contributed by atoms with Crippen LogP contribution in [-0.4, -0.2) is 0 Å². The Bertz CT molecular complexity index is 329. The monoisotopic (exact) mass is 204 g/mol. The van der Waals surface area contributed by atoms with E-state index in [4.69, 9.17) is 0 Å². The second kappa shape index (κ2) is 3.96. The Hall–Kier alpha value is -0.850. The molecule has 0 bridgehead atoms. The molecule has 0 radical (unpaired) electrons. The molecule has 1 heterocycles. The van der Waals surface area contributed by atoms with Crippen LogP contribution in [0.2, 0.25) is 0 Å². The molecular weight excluding hydrogens is 182 g/mol. The summed E-state index contributed by atoms with van der Waals surface area (Å²) in [7, 11) is 0. The van der Waals surface area contributed by atoms with E-state index in [9.17, 15) is 0 Å². The zero-order valence-electron chi connectivity index (χ0n) is 10.4. The summed E-state index contributed by atoms with van der Waals surface area (Å²) in [6.45, 7) is 9.14. The molecule has 1 nitrogen and oxygen atoms in total. The lowest BCUT2D eigenvalue weighted by Gasteiger charge is -2.12. The van der Waals surface area contributed by atoms with Gasteiger partial charge in [0.05, 0.1) is 0 Å². The van der Waals surface area contributed by atoms with Crippen LogP contribution >= 0.6 is 0 Å². The standard InChI is InChI=1S/C14H22N/c1-10(2)12-8-9-15(11(3)4)14-7-5-6-13(12)14/h8-11H,5-7H2,1-4H3/q+1. The summed E-state index contributed by atoms with van der Waals surface area (Å²) < 4.78 is 2.45. The third-order valence-electron chi connectivity index (χ3n) is 3.44. The Labute approximate surface area is 93.1 Å². The van der Waals surface area contributed by atoms with Crippen LogP contribution in [0.15, 0.2) is 12.3 Å². The summed E-state index contributed by atoms with van der Waals surface area (Å²) in [5.41, 5.74) is 4.80. The van der Waals surface area contributed by atoms with Crippen LogP contribution < -0.4 is 4.57 Å². The molecule has 1 aliphatic rings. The third kappa shape index (κ3) is 1.80. The minimum atomic E-state index is 0.595. The van der Waals surface area contributed by atoms with E-state index in [0.29, 0.717) is 12.0 Å². The average Bonchev–Trinajstić information content (AvgIpc) is 2.63. The van der Waals surface area contributed by atoms with Crippen molar-refractivity contribution in [3.05, 3.63) is 29.1 Å². The van der Waals surface area contributed by atoms with Crippen molar-refractivity contribution >= 4 is 0 Å². The number of pyridine rings is 1. The van der Waals surface area contributed by atoms with Gasteiger partial charge in [-0.15, -0.1) is 0 Å². The number of rotatable bonds is 2. The lowest BCUT2D eigenvalue weighted by atomic mass is 9.97. The van der Waals surface area contributed by atoms with Crippen molar-refractivity contribution in [2.24, 2.45) is 0 Å². The topological polar surface area (TPSA) is 3.88 Å². The average molecular weight is 204 g/mol. The predicted molar refractivity (Wildman–Crippen MR) is 63.1 cm³/mol. The zero-order chi connectivity index (χ0) is 11.0. The van der Waals surface area contributed by atoms with E-state index in [2.05, 4.69) is 44.5 Å². The summed E-state index contributed by atoms with van der Waals surface area (Å²) in [4.78, 5) is 0. The van der Waals surface area contributed by atoms with Gasteiger partial charge in [0.1, 0.15) is 0 Å². The molecule has 0 saturated carbocycles. The molecule has 82 valence electrons. The minimum absolute atomic E-state index is 0.595. The largest absolute Gasteiger partial charge is 0.200 e. The van der Waals surface area contributed by atoms with Gasteiger partial charge in [0, 0.05) is 18.1 Å². The highest BCUT2D eigenvalue weighted by molar-refractivity contribution is 5.32. The van der Waals surface area contributed by atoms with Crippen molar-refractivity contribution in [1.29, 1.82) is 0 Å². The SMILES string of the molecule is CC(C)c1cc[n+](C(C)C)c2c1CCC2. The highest BCUT2D eigenvalue weighted by Gasteiger charge is 2.26. The van der Waals surface area contributed by atoms with Gasteiger partial charge in [-0.2, -0.15) is 0 Å². The van der Waals surface area contributed by atoms with Gasteiger partial charge in [-0.25, -0.2) is 4.57 Å². The summed E-state index contributed by atoms with van der Waals surface area (Å²) >= 11 is 0. The normalized spacial score (nSPS) is 15.1. The predicted octanol–water partition coefficient (Wildman–Crippen LogP) is 3.17. The van der Waals surface area contributed by atoms with Crippen molar-refractivity contribution in [3.8, 4) is 0 Å². The zero-order valence-corrected chi connectivity index (χ0v) is 10.4. The molecule has 0 fully saturated rings. The molecule has 0 aliphatic heterocycles. The molecule has 0 amide bonds. The second-order valence-electron chi connectivity index (χ2n) is 5.21. The summed E-state index contributed by atoms with van der Waals surface area (Å²) in [6, 6.07) is 2.92. The van der Waals surface area contributed by atoms with E-state index in [1.807, 2.05) is 0 Å². The van der Waals surface area contributed by atoms with Crippen molar-refractivity contribution in [2.45, 2.75) is 58.9 Å². The fourth-order valence-electron chi connectivity index (χ4n) is 2.70. The number of fused-ring (bicyclic) bond motifs is 1. The highest BCUT2D eigenvalue weighted by Crippen LogP contribution is 2.27. The number of aromatic nitrogens is 1. The van der Waals surface area contributed by atoms with Crippen LogP contribution in [0.4, 0.5) is 0 Å². The molecule has 0 spiro atoms. The minimum Gasteiger partial charge on any atom is -0.200 e. The van der Waals surface area contributed by atoms with Gasteiger partial charge in [-0.05, 0) is 38.2 Å². The Morgan fingerprint density at radius 3 is 2.47 bits per heavy atom. The Morgan fingerprint density at radius 1 is 1.13 bits per heavy atom. The molecule has 1 aromatic rings. The van der Waals surface area contributed by atoms with Gasteiger partial charge < -0.3 is 0 Å². The molecule has 1 aliphatic carbocycles. The molecule has 15 heavy (non-hydrogen) atoms. The van der Waals surface area contributed by atoms with Gasteiger partial charge in [0.2, 0.25) is 0 Å². The summed E-state index contributed by atoms with van der Waals surface area (Å²) in [5, 5.41) is 0. The maximum Gasteiger partial charge on any atom is 0.185 e. The fraction of sp³-hybridized carbons (Fsp3) is 0.643. The van der Waals surface area contributed by atoms with Crippen LogP contribution in [-0.2, 0) is 12.8 Å². The van der Waals surface area contributed by atoms with Gasteiger partial charge >= 0.3 is 0 Å². The molecule has 0 atom stereocenters. The van der Waals surface area contributed by atoms with Crippen LogP contribution in [0.1, 0.15) is 62.9 Å². The maximum absolute atomic E-state index is 2.45. The molecular formula is C14H22N+. The van der Waals surface area contributed by atoms with Crippen molar-refractivity contribution < 1.29 is 4.57 Å². The molecule has 2 rings (SSSR count). The van der Waals surface area contributed by atoms with Gasteiger partial charge in [0.15, 0.2) is 17.9 Å². The van der Waals surface area contributed by atoms with E-state index >= 15 is 0 Å². The van der Waals surface area contributed by atoms with Gasteiger partial charge in [-0.1, -0.05) is 13.8 Å². The van der Waals surface area contributed by atoms with Crippen LogP contribution in [0, 0.1) is 0 Å². The molecule has 0 N–H and O–H groups in total. The molecule has 1 aromatic heterocycles. The van der Waals surface area contributed by atoms with E-state index < -0.39 is 0 Å². The van der Waals surface area contributed by atoms with E-state index in [-0.39, 0.29) is 0 Å². The first-order valence-electron chi connectivity index (χ1n) is 6.17. The van der Waals surface area contributed by atoms with Crippen molar-refractivity contribution in [2.75, 3.05) is 0 Å². The Balaban J connectivity index is 2.54. The maximum atomic E-state index is 2.45. The highest BCUT2D eigenvalue weighted by atomic mass is 15.0. The van der Waals surface area contributed by atoms with Crippen LogP contribution in [0.25, 0.3) is 0 Å². The van der Waals surface area contributed by atoms with Gasteiger partial charge in [0.25, 0.3) is 0 Å². The van der Waals surface area contributed by atoms with Crippen molar-refractivity contribution in [1.82, 2.24) is 0 Å². The lowest BCUT2D eigenvalue weighted by Crippen LogP contribution is -2.40. The van der Waals surface area contributed by atoms with Crippen molar-refractivity contribution in [3.63, 3.8) is 0 Å². The van der Waals surface area contributed by atoms with Crippen LogP contribution in [0.3, 0.4) is 0 Å². The first-order chi connectivity index (χ1) is 7.11. The fourth-order valence-corrected chi connectivity index (χ4v) is 2.70. The van der Waals surface area contributed by atoms with E-state index in [1.54, 1.807) is 16.8 Å². The number of nitrogens with zero attached hydrogens (tertiary/aromatic N) is 1. The lowest BCUT2D eigenvalue weighted by molar-refractivity contribution is -0.722. The van der Waals surface area contributed by atoms with Crippen LogP contribution in [0.5, 0.6) is 0 Å².